The van der Waals surface area contributed by atoms with Gasteiger partial charge >= 0.3 is 0 Å². The monoisotopic (exact) mass is 374 g/mol. The molecule has 0 amide bonds. The maximum absolute atomic E-state index is 12.9. The van der Waals surface area contributed by atoms with Gasteiger partial charge < -0.3 is 4.74 Å². The smallest absolute Gasteiger partial charge is 0.263 e. The molecule has 4 nitrogen and oxygen atoms in total. The van der Waals surface area contributed by atoms with E-state index in [1.165, 1.54) is 5.56 Å². The fourth-order valence-corrected chi connectivity index (χ4v) is 4.97. The minimum Gasteiger partial charge on any atom is -0.496 e. The Labute approximate surface area is 155 Å². The molecule has 0 bridgehead atoms. The van der Waals surface area contributed by atoms with Crippen LogP contribution < -0.4 is 10.3 Å². The number of rotatable bonds is 5. The Kier molecular flexibility index (Phi) is 5.20. The fraction of sp³-hybridized carbons (Fsp3) is 0.368. The van der Waals surface area contributed by atoms with Gasteiger partial charge in [0.05, 0.1) is 12.5 Å². The molecule has 0 aliphatic heterocycles. The standard InChI is InChI=1S/C19H22N2O2S2/c1-6-21-18(22)16-12(3)13(4)25-17(16)20-19(21)24-10-14-9-11(2)7-8-15(14)23-5/h7-9H,6,10H2,1-5H3. The number of thiophene rings is 1. The number of thioether (sulfide) groups is 1. The molecule has 1 aromatic carbocycles. The highest BCUT2D eigenvalue weighted by atomic mass is 32.2. The molecule has 3 aromatic rings. The molecule has 0 unspecified atom stereocenters. The molecule has 25 heavy (non-hydrogen) atoms. The molecule has 0 radical (unpaired) electrons. The molecule has 0 spiro atoms. The van der Waals surface area contributed by atoms with Gasteiger partial charge in [0.15, 0.2) is 5.16 Å². The average Bonchev–Trinajstić information content (AvgIpc) is 2.87. The molecule has 0 aliphatic rings. The zero-order valence-electron chi connectivity index (χ0n) is 15.2. The van der Waals surface area contributed by atoms with Crippen LogP contribution in [0.5, 0.6) is 5.75 Å². The Morgan fingerprint density at radius 2 is 2.04 bits per heavy atom. The first-order valence-electron chi connectivity index (χ1n) is 8.23. The van der Waals surface area contributed by atoms with E-state index in [0.717, 1.165) is 37.1 Å². The van der Waals surface area contributed by atoms with E-state index in [4.69, 9.17) is 9.72 Å². The lowest BCUT2D eigenvalue weighted by Crippen LogP contribution is -2.22. The quantitative estimate of drug-likeness (QED) is 0.479. The molecular formula is C19H22N2O2S2. The van der Waals surface area contributed by atoms with Gasteiger partial charge in [-0.05, 0) is 39.3 Å². The van der Waals surface area contributed by atoms with Crippen LogP contribution in [-0.4, -0.2) is 16.7 Å². The maximum Gasteiger partial charge on any atom is 0.263 e. The van der Waals surface area contributed by atoms with Crippen molar-refractivity contribution >= 4 is 33.3 Å². The number of ether oxygens (including phenoxy) is 1. The molecule has 0 N–H and O–H groups in total. The summed E-state index contributed by atoms with van der Waals surface area (Å²) >= 11 is 3.18. The first-order chi connectivity index (χ1) is 12.0. The van der Waals surface area contributed by atoms with E-state index in [-0.39, 0.29) is 5.56 Å². The number of benzene rings is 1. The topological polar surface area (TPSA) is 44.1 Å². The molecule has 6 heteroatoms. The van der Waals surface area contributed by atoms with Crippen LogP contribution in [0.4, 0.5) is 0 Å². The van der Waals surface area contributed by atoms with Gasteiger partial charge in [-0.15, -0.1) is 11.3 Å². The normalized spacial score (nSPS) is 11.2. The molecule has 132 valence electrons. The van der Waals surface area contributed by atoms with Crippen LogP contribution in [0, 0.1) is 20.8 Å². The second kappa shape index (κ2) is 7.22. The zero-order valence-corrected chi connectivity index (χ0v) is 16.8. The van der Waals surface area contributed by atoms with Gasteiger partial charge in [-0.3, -0.25) is 9.36 Å². The Morgan fingerprint density at radius 3 is 2.72 bits per heavy atom. The molecule has 2 heterocycles. The number of hydrogen-bond acceptors (Lipinski definition) is 5. The van der Waals surface area contributed by atoms with E-state index in [9.17, 15) is 4.79 Å². The van der Waals surface area contributed by atoms with Crippen LogP contribution in [0.25, 0.3) is 10.2 Å². The SMILES string of the molecule is CCn1c(SCc2cc(C)ccc2OC)nc2sc(C)c(C)c2c1=O. The minimum absolute atomic E-state index is 0.0630. The van der Waals surface area contributed by atoms with E-state index in [1.54, 1.807) is 34.8 Å². The van der Waals surface area contributed by atoms with Gasteiger partial charge in [-0.1, -0.05) is 29.5 Å². The van der Waals surface area contributed by atoms with Gasteiger partial charge in [0.1, 0.15) is 10.6 Å². The van der Waals surface area contributed by atoms with Crippen LogP contribution >= 0.6 is 23.1 Å². The number of aryl methyl sites for hydroxylation is 3. The third kappa shape index (κ3) is 3.33. The molecule has 0 fully saturated rings. The van der Waals surface area contributed by atoms with Crippen molar-refractivity contribution in [3.63, 3.8) is 0 Å². The van der Waals surface area contributed by atoms with Crippen LogP contribution in [0.3, 0.4) is 0 Å². The van der Waals surface area contributed by atoms with Crippen molar-refractivity contribution < 1.29 is 4.74 Å². The predicted molar refractivity (Wildman–Crippen MR) is 106 cm³/mol. The summed E-state index contributed by atoms with van der Waals surface area (Å²) in [6.07, 6.45) is 0. The van der Waals surface area contributed by atoms with E-state index >= 15 is 0 Å². The Hall–Kier alpha value is -1.79. The lowest BCUT2D eigenvalue weighted by Gasteiger charge is -2.12. The second-order valence-electron chi connectivity index (χ2n) is 6.01. The number of hydrogen-bond donors (Lipinski definition) is 0. The van der Waals surface area contributed by atoms with Crippen LogP contribution in [-0.2, 0) is 12.3 Å². The Morgan fingerprint density at radius 1 is 1.28 bits per heavy atom. The molecular weight excluding hydrogens is 352 g/mol. The number of aromatic nitrogens is 2. The first-order valence-corrected chi connectivity index (χ1v) is 10.0. The Bertz CT molecular complexity index is 989. The van der Waals surface area contributed by atoms with Crippen LogP contribution in [0.15, 0.2) is 28.2 Å². The second-order valence-corrected chi connectivity index (χ2v) is 8.16. The van der Waals surface area contributed by atoms with Crippen molar-refractivity contribution in [2.75, 3.05) is 7.11 Å². The summed E-state index contributed by atoms with van der Waals surface area (Å²) in [5.41, 5.74) is 3.42. The van der Waals surface area contributed by atoms with Crippen molar-refractivity contribution in [2.24, 2.45) is 0 Å². The molecule has 0 saturated heterocycles. The zero-order chi connectivity index (χ0) is 18.1. The molecule has 3 rings (SSSR count). The van der Waals surface area contributed by atoms with Crippen molar-refractivity contribution in [2.45, 2.75) is 45.1 Å². The third-order valence-corrected chi connectivity index (χ3v) is 6.49. The first kappa shape index (κ1) is 18.0. The molecule has 0 saturated carbocycles. The lowest BCUT2D eigenvalue weighted by molar-refractivity contribution is 0.411. The van der Waals surface area contributed by atoms with Gasteiger partial charge in [0, 0.05) is 22.7 Å². The van der Waals surface area contributed by atoms with Crippen LogP contribution in [0.2, 0.25) is 0 Å². The molecule has 0 aliphatic carbocycles. The summed E-state index contributed by atoms with van der Waals surface area (Å²) in [5, 5.41) is 1.53. The number of nitrogens with zero attached hydrogens (tertiary/aromatic N) is 2. The lowest BCUT2D eigenvalue weighted by atomic mass is 10.1. The summed E-state index contributed by atoms with van der Waals surface area (Å²) in [7, 11) is 1.68. The van der Waals surface area contributed by atoms with Gasteiger partial charge in [0.2, 0.25) is 0 Å². The summed E-state index contributed by atoms with van der Waals surface area (Å²) in [6, 6.07) is 6.15. The largest absolute Gasteiger partial charge is 0.496 e. The number of methoxy groups -OCH3 is 1. The highest BCUT2D eigenvalue weighted by Crippen LogP contribution is 2.31. The summed E-state index contributed by atoms with van der Waals surface area (Å²) < 4.78 is 7.23. The van der Waals surface area contributed by atoms with Crippen LogP contribution in [0.1, 0.15) is 28.5 Å². The highest BCUT2D eigenvalue weighted by Gasteiger charge is 2.16. The number of fused-ring (bicyclic) bond motifs is 1. The summed E-state index contributed by atoms with van der Waals surface area (Å²) in [6.45, 7) is 8.71. The van der Waals surface area contributed by atoms with Gasteiger partial charge in [-0.25, -0.2) is 4.98 Å². The van der Waals surface area contributed by atoms with Gasteiger partial charge in [-0.2, -0.15) is 0 Å². The van der Waals surface area contributed by atoms with Crippen molar-refractivity contribution in [3.8, 4) is 5.75 Å². The predicted octanol–water partition coefficient (Wildman–Crippen LogP) is 4.70. The molecule has 0 atom stereocenters. The average molecular weight is 375 g/mol. The highest BCUT2D eigenvalue weighted by molar-refractivity contribution is 7.98. The van der Waals surface area contributed by atoms with Crippen molar-refractivity contribution in [1.82, 2.24) is 9.55 Å². The summed E-state index contributed by atoms with van der Waals surface area (Å²) in [4.78, 5) is 19.7. The third-order valence-electron chi connectivity index (χ3n) is 4.36. The fourth-order valence-electron chi connectivity index (χ4n) is 2.86. The van der Waals surface area contributed by atoms with Crippen molar-refractivity contribution in [3.05, 3.63) is 50.1 Å². The van der Waals surface area contributed by atoms with Crippen molar-refractivity contribution in [1.29, 1.82) is 0 Å². The molecule has 2 aromatic heterocycles. The van der Waals surface area contributed by atoms with E-state index < -0.39 is 0 Å². The minimum atomic E-state index is 0.0630. The van der Waals surface area contributed by atoms with E-state index in [0.29, 0.717) is 12.3 Å². The Balaban J connectivity index is 2.02. The maximum atomic E-state index is 12.9. The van der Waals surface area contributed by atoms with Gasteiger partial charge in [0.25, 0.3) is 5.56 Å². The van der Waals surface area contributed by atoms with E-state index in [2.05, 4.69) is 13.0 Å². The van der Waals surface area contributed by atoms with E-state index in [1.807, 2.05) is 32.9 Å². The summed E-state index contributed by atoms with van der Waals surface area (Å²) in [5.74, 6) is 1.58.